The van der Waals surface area contributed by atoms with Gasteiger partial charge < -0.3 is 5.32 Å². The fraction of sp³-hybridized carbons (Fsp3) is 0.125. The van der Waals surface area contributed by atoms with Crippen molar-refractivity contribution in [1.29, 1.82) is 0 Å². The van der Waals surface area contributed by atoms with E-state index in [4.69, 9.17) is 0 Å². The largest absolute Gasteiger partial charge is 0.365 e. The number of halogens is 1. The highest BCUT2D eigenvalue weighted by molar-refractivity contribution is 9.10. The lowest BCUT2D eigenvalue weighted by atomic mass is 10.2. The van der Waals surface area contributed by atoms with E-state index in [1.807, 2.05) is 36.1 Å². The Labute approximate surface area is 146 Å². The average molecular weight is 384 g/mol. The molecule has 0 saturated carbocycles. The van der Waals surface area contributed by atoms with Crippen molar-refractivity contribution in [2.75, 3.05) is 5.32 Å². The molecule has 0 fully saturated rings. The zero-order valence-electron chi connectivity index (χ0n) is 12.9. The van der Waals surface area contributed by atoms with Gasteiger partial charge in [-0.2, -0.15) is 10.2 Å². The first-order valence-corrected chi connectivity index (χ1v) is 8.18. The topological polar surface area (TPSA) is 73.5 Å². The lowest BCUT2D eigenvalue weighted by Gasteiger charge is -2.08. The van der Waals surface area contributed by atoms with Crippen LogP contribution >= 0.6 is 15.9 Å². The number of anilines is 1. The molecular formula is C16H14BrN7. The number of aromatic nitrogens is 6. The van der Waals surface area contributed by atoms with Crippen molar-refractivity contribution in [2.24, 2.45) is 7.05 Å². The van der Waals surface area contributed by atoms with Crippen LogP contribution in [0.15, 0.2) is 53.7 Å². The van der Waals surface area contributed by atoms with Crippen LogP contribution in [0, 0.1) is 0 Å². The van der Waals surface area contributed by atoms with E-state index in [1.165, 1.54) is 0 Å². The van der Waals surface area contributed by atoms with Gasteiger partial charge in [0.15, 0.2) is 5.65 Å². The highest BCUT2D eigenvalue weighted by atomic mass is 79.9. The minimum atomic E-state index is 0.660. The molecule has 0 bridgehead atoms. The third-order valence-electron chi connectivity index (χ3n) is 3.74. The predicted molar refractivity (Wildman–Crippen MR) is 94.9 cm³/mol. The summed E-state index contributed by atoms with van der Waals surface area (Å²) >= 11 is 3.46. The molecule has 0 aliphatic rings. The molecule has 0 aliphatic carbocycles. The Bertz CT molecular complexity index is 974. The Balaban J connectivity index is 1.55. The quantitative estimate of drug-likeness (QED) is 0.586. The third-order valence-corrected chi connectivity index (χ3v) is 4.30. The third kappa shape index (κ3) is 2.65. The molecule has 3 aromatic heterocycles. The first kappa shape index (κ1) is 14.8. The Morgan fingerprint density at radius 3 is 2.75 bits per heavy atom. The highest BCUT2D eigenvalue weighted by Gasteiger charge is 2.12. The van der Waals surface area contributed by atoms with E-state index in [-0.39, 0.29) is 0 Å². The average Bonchev–Trinajstić information content (AvgIpc) is 3.23. The van der Waals surface area contributed by atoms with Gasteiger partial charge in [-0.05, 0) is 39.7 Å². The smallest absolute Gasteiger partial charge is 0.164 e. The summed E-state index contributed by atoms with van der Waals surface area (Å²) in [5, 5.41) is 12.8. The molecule has 24 heavy (non-hydrogen) atoms. The van der Waals surface area contributed by atoms with Crippen LogP contribution in [0.1, 0.15) is 5.56 Å². The van der Waals surface area contributed by atoms with Crippen LogP contribution in [0.5, 0.6) is 0 Å². The molecule has 0 unspecified atom stereocenters. The highest BCUT2D eigenvalue weighted by Crippen LogP contribution is 2.27. The van der Waals surface area contributed by atoms with Crippen molar-refractivity contribution in [3.05, 3.63) is 59.2 Å². The van der Waals surface area contributed by atoms with E-state index in [0.29, 0.717) is 6.54 Å². The molecule has 0 aliphatic heterocycles. The molecular weight excluding hydrogens is 370 g/mol. The Morgan fingerprint density at radius 2 is 2.00 bits per heavy atom. The zero-order valence-corrected chi connectivity index (χ0v) is 14.5. The van der Waals surface area contributed by atoms with Gasteiger partial charge in [0, 0.05) is 26.0 Å². The minimum Gasteiger partial charge on any atom is -0.365 e. The molecule has 8 heteroatoms. The monoisotopic (exact) mass is 383 g/mol. The molecule has 0 spiro atoms. The summed E-state index contributed by atoms with van der Waals surface area (Å²) in [5.74, 6) is 0.760. The molecule has 7 nitrogen and oxygen atoms in total. The number of hydrogen-bond donors (Lipinski definition) is 1. The van der Waals surface area contributed by atoms with Gasteiger partial charge in [-0.25, -0.2) is 19.3 Å². The zero-order chi connectivity index (χ0) is 16.5. The van der Waals surface area contributed by atoms with E-state index in [1.54, 1.807) is 17.2 Å². The molecule has 1 N–H and O–H groups in total. The molecule has 0 saturated heterocycles. The maximum Gasteiger partial charge on any atom is 0.164 e. The number of hydrogen-bond acceptors (Lipinski definition) is 5. The van der Waals surface area contributed by atoms with Gasteiger partial charge in [-0.1, -0.05) is 12.1 Å². The van der Waals surface area contributed by atoms with Crippen molar-refractivity contribution < 1.29 is 0 Å². The van der Waals surface area contributed by atoms with E-state index in [9.17, 15) is 0 Å². The molecule has 0 amide bonds. The van der Waals surface area contributed by atoms with Gasteiger partial charge in [0.25, 0.3) is 0 Å². The molecule has 0 radical (unpaired) electrons. The molecule has 4 aromatic rings. The Kier molecular flexibility index (Phi) is 3.73. The van der Waals surface area contributed by atoms with Crippen LogP contribution in [0.3, 0.4) is 0 Å². The first-order chi connectivity index (χ1) is 11.7. The maximum absolute atomic E-state index is 4.33. The second-order valence-corrected chi connectivity index (χ2v) is 6.06. The Hall–Kier alpha value is -2.74. The number of nitrogens with one attached hydrogen (secondary N) is 1. The van der Waals surface area contributed by atoms with E-state index in [0.717, 1.165) is 32.7 Å². The van der Waals surface area contributed by atoms with E-state index in [2.05, 4.69) is 53.5 Å². The first-order valence-electron chi connectivity index (χ1n) is 7.38. The number of fused-ring (bicyclic) bond motifs is 1. The van der Waals surface area contributed by atoms with Gasteiger partial charge in [-0.3, -0.25) is 0 Å². The van der Waals surface area contributed by atoms with Crippen LogP contribution in [0.25, 0.3) is 16.7 Å². The van der Waals surface area contributed by atoms with Crippen LogP contribution in [0.4, 0.5) is 5.82 Å². The molecule has 4 rings (SSSR count). The lowest BCUT2D eigenvalue weighted by Crippen LogP contribution is -2.03. The summed E-state index contributed by atoms with van der Waals surface area (Å²) in [5.41, 5.74) is 2.97. The normalized spacial score (nSPS) is 11.1. The van der Waals surface area contributed by atoms with Crippen molar-refractivity contribution in [3.63, 3.8) is 0 Å². The minimum absolute atomic E-state index is 0.660. The van der Waals surface area contributed by atoms with Crippen molar-refractivity contribution >= 4 is 32.8 Å². The maximum atomic E-state index is 4.33. The number of benzene rings is 1. The van der Waals surface area contributed by atoms with Gasteiger partial charge >= 0.3 is 0 Å². The summed E-state index contributed by atoms with van der Waals surface area (Å²) in [4.78, 5) is 8.60. The number of rotatable bonds is 4. The predicted octanol–water partition coefficient (Wildman–Crippen LogP) is 2.92. The van der Waals surface area contributed by atoms with Crippen LogP contribution in [-0.2, 0) is 13.6 Å². The lowest BCUT2D eigenvalue weighted by molar-refractivity contribution is 0.777. The standard InChI is InChI=1S/C16H14BrN7/c1-23-16-13(14(17)22-23)15(19-10-20-16)18-9-11-3-5-12(6-4-11)24-8-2-7-21-24/h2-8,10H,9H2,1H3,(H,18,19,20). The molecule has 3 heterocycles. The summed E-state index contributed by atoms with van der Waals surface area (Å²) < 4.78 is 4.29. The summed E-state index contributed by atoms with van der Waals surface area (Å²) in [7, 11) is 1.86. The van der Waals surface area contributed by atoms with Crippen molar-refractivity contribution in [2.45, 2.75) is 6.54 Å². The van der Waals surface area contributed by atoms with Crippen molar-refractivity contribution in [3.8, 4) is 5.69 Å². The number of aryl methyl sites for hydroxylation is 1. The molecule has 120 valence electrons. The van der Waals surface area contributed by atoms with Gasteiger partial charge in [0.2, 0.25) is 0 Å². The fourth-order valence-electron chi connectivity index (χ4n) is 2.55. The van der Waals surface area contributed by atoms with Crippen molar-refractivity contribution in [1.82, 2.24) is 29.5 Å². The van der Waals surface area contributed by atoms with Crippen LogP contribution in [0.2, 0.25) is 0 Å². The fourth-order valence-corrected chi connectivity index (χ4v) is 3.15. The summed E-state index contributed by atoms with van der Waals surface area (Å²) in [6.45, 7) is 0.660. The second kappa shape index (κ2) is 6.04. The molecule has 0 atom stereocenters. The SMILES string of the molecule is Cn1nc(Br)c2c(NCc3ccc(-n4cccn4)cc3)ncnc21. The summed E-state index contributed by atoms with van der Waals surface area (Å²) in [6.07, 6.45) is 5.23. The number of nitrogens with zero attached hydrogens (tertiary/aromatic N) is 6. The van der Waals surface area contributed by atoms with Gasteiger partial charge in [0.05, 0.1) is 11.1 Å². The molecule has 1 aromatic carbocycles. The van der Waals surface area contributed by atoms with Crippen LogP contribution < -0.4 is 5.32 Å². The van der Waals surface area contributed by atoms with Gasteiger partial charge in [-0.15, -0.1) is 0 Å². The summed E-state index contributed by atoms with van der Waals surface area (Å²) in [6, 6.07) is 10.1. The van der Waals surface area contributed by atoms with E-state index < -0.39 is 0 Å². The van der Waals surface area contributed by atoms with Crippen LogP contribution in [-0.4, -0.2) is 29.5 Å². The van der Waals surface area contributed by atoms with Gasteiger partial charge in [0.1, 0.15) is 16.7 Å². The Morgan fingerprint density at radius 1 is 1.17 bits per heavy atom. The second-order valence-electron chi connectivity index (χ2n) is 5.31. The van der Waals surface area contributed by atoms with E-state index >= 15 is 0 Å².